The Morgan fingerprint density at radius 2 is 1.52 bits per heavy atom. The van der Waals surface area contributed by atoms with Crippen LogP contribution in [0, 0.1) is 19.8 Å². The van der Waals surface area contributed by atoms with Crippen molar-refractivity contribution in [2.75, 3.05) is 26.3 Å². The minimum Gasteiger partial charge on any atom is -0.490 e. The maximum atomic E-state index is 14.2. The van der Waals surface area contributed by atoms with Gasteiger partial charge in [-0.3, -0.25) is 19.2 Å². The fraction of sp³-hybridized carbons (Fsp3) is 0.417. The third-order valence-corrected chi connectivity index (χ3v) is 12.2. The van der Waals surface area contributed by atoms with Gasteiger partial charge < -0.3 is 39.8 Å². The van der Waals surface area contributed by atoms with Gasteiger partial charge in [0.2, 0.25) is 17.7 Å². The summed E-state index contributed by atoms with van der Waals surface area (Å²) < 4.78 is 24.9. The van der Waals surface area contributed by atoms with Gasteiger partial charge in [-0.2, -0.15) is 0 Å². The minimum absolute atomic E-state index is 0.0749. The van der Waals surface area contributed by atoms with Gasteiger partial charge in [0, 0.05) is 42.2 Å². The van der Waals surface area contributed by atoms with Crippen LogP contribution in [-0.2, 0) is 32.2 Å². The molecule has 1 aliphatic carbocycles. The maximum absolute atomic E-state index is 14.2. The van der Waals surface area contributed by atoms with Crippen molar-refractivity contribution in [2.45, 2.75) is 96.9 Å². The van der Waals surface area contributed by atoms with Gasteiger partial charge in [0.25, 0.3) is 5.91 Å². The standard InChI is InChI=1S/C48H55ClN4O8/c1-4-58-41-27-39(61-38-23-30(2)44(49)31(3)24-38)26-35-28-59-37-18-14-32(15-19-37)20-21-50-47(56)40-11-8-22-53(40)48(57)45(34-9-6-5-7-10-34)52-42(54)25-33-12-16-36(17-13-33)51-43(55)29-60-46(35)41/h5-7,9-10,14-15,18-19,23-24,26-27,33,36,40,45H,4,8,11-13,16-17,20-22,25,28-29H2,1-3H3,(H,50,56)(H,51,55)(H,52,54)/t33?,36?,40-,45+/m1/s1. The van der Waals surface area contributed by atoms with E-state index in [1.807, 2.05) is 93.6 Å². The van der Waals surface area contributed by atoms with Crippen LogP contribution in [0.4, 0.5) is 0 Å². The van der Waals surface area contributed by atoms with Gasteiger partial charge in [0.15, 0.2) is 18.1 Å². The number of ether oxygens (including phenoxy) is 4. The number of rotatable bonds is 5. The van der Waals surface area contributed by atoms with E-state index in [0.29, 0.717) is 96.7 Å². The van der Waals surface area contributed by atoms with Crippen molar-refractivity contribution in [1.82, 2.24) is 20.9 Å². The van der Waals surface area contributed by atoms with E-state index in [1.165, 1.54) is 0 Å². The van der Waals surface area contributed by atoms with E-state index in [9.17, 15) is 19.2 Å². The molecule has 10 rings (SSSR count). The van der Waals surface area contributed by atoms with Crippen molar-refractivity contribution < 1.29 is 38.1 Å². The predicted molar refractivity (Wildman–Crippen MR) is 232 cm³/mol. The second-order valence-electron chi connectivity index (χ2n) is 16.2. The number of nitrogens with one attached hydrogen (secondary N) is 3. The molecule has 3 N–H and O–H groups in total. The average molecular weight is 851 g/mol. The number of hydrogen-bond acceptors (Lipinski definition) is 8. The Balaban J connectivity index is 1.12. The molecular formula is C48H55ClN4O8. The first-order valence-electron chi connectivity index (χ1n) is 21.3. The molecule has 322 valence electrons. The first-order valence-corrected chi connectivity index (χ1v) is 21.7. The third kappa shape index (κ3) is 11.2. The molecule has 0 spiro atoms. The summed E-state index contributed by atoms with van der Waals surface area (Å²) in [6.45, 7) is 6.72. The lowest BCUT2D eigenvalue weighted by Crippen LogP contribution is -2.50. The molecule has 6 aliphatic rings. The number of benzene rings is 4. The van der Waals surface area contributed by atoms with Crippen LogP contribution in [0.15, 0.2) is 78.9 Å². The Bertz CT molecular complexity index is 2170. The first kappa shape index (κ1) is 43.3. The molecule has 2 fully saturated rings. The van der Waals surface area contributed by atoms with Gasteiger partial charge in [-0.1, -0.05) is 54.1 Å². The van der Waals surface area contributed by atoms with Crippen LogP contribution in [0.5, 0.6) is 28.7 Å². The Hall–Kier alpha value is -5.75. The van der Waals surface area contributed by atoms with Crippen LogP contribution < -0.4 is 34.9 Å². The molecule has 0 unspecified atom stereocenters. The van der Waals surface area contributed by atoms with E-state index in [1.54, 1.807) is 11.0 Å². The molecular weight excluding hydrogens is 796 g/mol. The van der Waals surface area contributed by atoms with Crippen molar-refractivity contribution in [3.05, 3.63) is 112 Å². The zero-order chi connectivity index (χ0) is 42.9. The second kappa shape index (κ2) is 20.2. The topological polar surface area (TPSA) is 145 Å². The Labute approximate surface area is 362 Å². The SMILES string of the molecule is CCOc1cc(Oc2cc(C)c(Cl)c(C)c2)cc2c1OCC(=O)NC1CCC(CC1)CC(=O)N[C@@H](c1ccccc1)C(=O)N1CCC[C@@H]1C(=O)NCCc1ccc(cc1)OC2. The Morgan fingerprint density at radius 1 is 0.803 bits per heavy atom. The molecule has 0 radical (unpaired) electrons. The normalized spacial score (nSPS) is 21.8. The summed E-state index contributed by atoms with van der Waals surface area (Å²) in [6, 6.07) is 22.5. The number of carbonyl (C=O) groups is 4. The molecule has 5 heterocycles. The number of nitrogens with zero attached hydrogens (tertiary/aromatic N) is 1. The molecule has 0 aromatic heterocycles. The molecule has 4 aromatic carbocycles. The quantitative estimate of drug-likeness (QED) is 0.186. The van der Waals surface area contributed by atoms with Crippen LogP contribution in [0.25, 0.3) is 0 Å². The lowest BCUT2D eigenvalue weighted by atomic mass is 9.84. The monoisotopic (exact) mass is 850 g/mol. The zero-order valence-electron chi connectivity index (χ0n) is 35.1. The van der Waals surface area contributed by atoms with Crippen molar-refractivity contribution in [3.8, 4) is 28.7 Å². The zero-order valence-corrected chi connectivity index (χ0v) is 35.9. The number of aryl methyl sites for hydroxylation is 2. The van der Waals surface area contributed by atoms with E-state index in [2.05, 4.69) is 16.0 Å². The summed E-state index contributed by atoms with van der Waals surface area (Å²) in [7, 11) is 0. The Kier molecular flexibility index (Phi) is 14.4. The van der Waals surface area contributed by atoms with Crippen LogP contribution in [-0.4, -0.2) is 66.9 Å². The lowest BCUT2D eigenvalue weighted by molar-refractivity contribution is -0.141. The highest BCUT2D eigenvalue weighted by molar-refractivity contribution is 6.32. The molecule has 2 atom stereocenters. The Morgan fingerprint density at radius 3 is 2.25 bits per heavy atom. The van der Waals surface area contributed by atoms with Crippen LogP contribution in [0.3, 0.4) is 0 Å². The minimum atomic E-state index is -0.911. The number of halogens is 1. The summed E-state index contributed by atoms with van der Waals surface area (Å²) in [6.07, 6.45) is 4.95. The summed E-state index contributed by atoms with van der Waals surface area (Å²) in [4.78, 5) is 56.3. The second-order valence-corrected chi connectivity index (χ2v) is 16.5. The summed E-state index contributed by atoms with van der Waals surface area (Å²) in [5.41, 5.74) is 4.06. The summed E-state index contributed by atoms with van der Waals surface area (Å²) in [5, 5.41) is 9.88. The summed E-state index contributed by atoms with van der Waals surface area (Å²) >= 11 is 6.44. The smallest absolute Gasteiger partial charge is 0.258 e. The van der Waals surface area contributed by atoms with Crippen molar-refractivity contribution >= 4 is 35.2 Å². The molecule has 4 bridgehead atoms. The highest BCUT2D eigenvalue weighted by Crippen LogP contribution is 2.39. The number of amides is 4. The molecule has 12 nitrogen and oxygen atoms in total. The van der Waals surface area contributed by atoms with E-state index >= 15 is 0 Å². The summed E-state index contributed by atoms with van der Waals surface area (Å²) in [5.74, 6) is 1.62. The predicted octanol–water partition coefficient (Wildman–Crippen LogP) is 7.69. The fourth-order valence-corrected chi connectivity index (χ4v) is 8.60. The largest absolute Gasteiger partial charge is 0.490 e. The number of hydrogen-bond donors (Lipinski definition) is 3. The fourth-order valence-electron chi connectivity index (χ4n) is 8.49. The van der Waals surface area contributed by atoms with Crippen molar-refractivity contribution in [3.63, 3.8) is 0 Å². The molecule has 5 aliphatic heterocycles. The third-order valence-electron chi connectivity index (χ3n) is 11.6. The molecule has 13 heteroatoms. The maximum Gasteiger partial charge on any atom is 0.258 e. The van der Waals surface area contributed by atoms with E-state index in [4.69, 9.17) is 30.5 Å². The first-order chi connectivity index (χ1) is 29.5. The lowest BCUT2D eigenvalue weighted by Gasteiger charge is -2.31. The molecule has 4 aromatic rings. The van der Waals surface area contributed by atoms with Gasteiger partial charge in [0.05, 0.1) is 6.61 Å². The number of carbonyl (C=O) groups excluding carboxylic acids is 4. The molecule has 1 saturated carbocycles. The van der Waals surface area contributed by atoms with Crippen molar-refractivity contribution in [1.29, 1.82) is 0 Å². The molecule has 4 amide bonds. The van der Waals surface area contributed by atoms with Gasteiger partial charge in [0.1, 0.15) is 35.9 Å². The van der Waals surface area contributed by atoms with Gasteiger partial charge in [-0.05, 0) is 124 Å². The van der Waals surface area contributed by atoms with Crippen LogP contribution >= 0.6 is 11.6 Å². The van der Waals surface area contributed by atoms with E-state index in [0.717, 1.165) is 29.5 Å². The van der Waals surface area contributed by atoms with E-state index < -0.39 is 12.1 Å². The molecule has 1 saturated heterocycles. The van der Waals surface area contributed by atoms with Gasteiger partial charge in [-0.15, -0.1) is 0 Å². The van der Waals surface area contributed by atoms with Crippen molar-refractivity contribution in [2.24, 2.45) is 5.92 Å². The highest BCUT2D eigenvalue weighted by atomic mass is 35.5. The van der Waals surface area contributed by atoms with Crippen LogP contribution in [0.1, 0.15) is 85.7 Å². The van der Waals surface area contributed by atoms with Gasteiger partial charge >= 0.3 is 0 Å². The highest BCUT2D eigenvalue weighted by Gasteiger charge is 2.38. The molecule has 61 heavy (non-hydrogen) atoms. The van der Waals surface area contributed by atoms with Gasteiger partial charge in [-0.25, -0.2) is 0 Å². The van der Waals surface area contributed by atoms with Crippen LogP contribution in [0.2, 0.25) is 5.02 Å². The average Bonchev–Trinajstić information content (AvgIpc) is 3.75. The van der Waals surface area contributed by atoms with E-state index in [-0.39, 0.29) is 55.2 Å².